The number of aromatic amines is 1. The van der Waals surface area contributed by atoms with Crippen LogP contribution in [0.5, 0.6) is 0 Å². The molecule has 3 heterocycles. The summed E-state index contributed by atoms with van der Waals surface area (Å²) in [6.07, 6.45) is 3.71. The summed E-state index contributed by atoms with van der Waals surface area (Å²) in [6, 6.07) is 2.07. The zero-order valence-electron chi connectivity index (χ0n) is 13.0. The molecule has 0 saturated heterocycles. The molecule has 0 radical (unpaired) electrons. The van der Waals surface area contributed by atoms with Crippen molar-refractivity contribution < 1.29 is 0 Å². The van der Waals surface area contributed by atoms with Crippen molar-refractivity contribution in [1.29, 1.82) is 0 Å². The minimum Gasteiger partial charge on any atom is -0.363 e. The van der Waals surface area contributed by atoms with E-state index >= 15 is 0 Å². The number of nitrogens with zero attached hydrogens (tertiary/aromatic N) is 4. The largest absolute Gasteiger partial charge is 0.363 e. The zero-order chi connectivity index (χ0) is 15.1. The third kappa shape index (κ3) is 2.20. The Morgan fingerprint density at radius 3 is 2.81 bits per heavy atom. The van der Waals surface area contributed by atoms with Crippen molar-refractivity contribution in [2.45, 2.75) is 19.8 Å². The van der Waals surface area contributed by atoms with Crippen LogP contribution in [0.15, 0.2) is 17.1 Å². The number of pyridine rings is 1. The molecule has 0 atom stereocenters. The van der Waals surface area contributed by atoms with E-state index in [-0.39, 0.29) is 5.56 Å². The topological polar surface area (TPSA) is 57.2 Å². The van der Waals surface area contributed by atoms with Crippen LogP contribution >= 0.6 is 0 Å². The predicted octanol–water partition coefficient (Wildman–Crippen LogP) is 1.57. The molecule has 1 aliphatic rings. The van der Waals surface area contributed by atoms with Crippen LogP contribution in [0.1, 0.15) is 17.5 Å². The molecule has 0 fully saturated rings. The predicted molar refractivity (Wildman–Crippen MR) is 84.7 cm³/mol. The fourth-order valence-electron chi connectivity index (χ4n) is 2.86. The van der Waals surface area contributed by atoms with E-state index in [4.69, 9.17) is 0 Å². The highest BCUT2D eigenvalue weighted by atomic mass is 16.1. The summed E-state index contributed by atoms with van der Waals surface area (Å²) in [7, 11) is 5.73. The Labute approximate surface area is 124 Å². The highest BCUT2D eigenvalue weighted by molar-refractivity contribution is 5.67. The monoisotopic (exact) mass is 287 g/mol. The Balaban J connectivity index is 2.07. The zero-order valence-corrected chi connectivity index (χ0v) is 13.0. The lowest BCUT2D eigenvalue weighted by molar-refractivity contribution is 0.731. The molecule has 0 spiro atoms. The summed E-state index contributed by atoms with van der Waals surface area (Å²) >= 11 is 0. The first-order valence-electron chi connectivity index (χ1n) is 7.18. The van der Waals surface area contributed by atoms with E-state index in [0.717, 1.165) is 47.8 Å². The molecule has 1 aliphatic heterocycles. The van der Waals surface area contributed by atoms with Gasteiger partial charge in [0.25, 0.3) is 5.56 Å². The second-order valence-corrected chi connectivity index (χ2v) is 5.78. The van der Waals surface area contributed by atoms with Gasteiger partial charge in [0.1, 0.15) is 11.6 Å². The molecule has 0 amide bonds. The number of rotatable bonds is 2. The second kappa shape index (κ2) is 4.95. The van der Waals surface area contributed by atoms with Gasteiger partial charge in [0, 0.05) is 27.7 Å². The smallest absolute Gasteiger partial charge is 0.271 e. The molecule has 0 saturated carbocycles. The van der Waals surface area contributed by atoms with Crippen LogP contribution in [0, 0.1) is 6.92 Å². The quantitative estimate of drug-likeness (QED) is 0.911. The first-order valence-corrected chi connectivity index (χ1v) is 7.18. The summed E-state index contributed by atoms with van der Waals surface area (Å²) in [5, 5.41) is 3.17. The third-order valence-electron chi connectivity index (χ3n) is 4.02. The van der Waals surface area contributed by atoms with Crippen molar-refractivity contribution in [3.05, 3.63) is 33.7 Å². The number of H-pyrrole nitrogens is 1. The number of fused-ring (bicyclic) bond motifs is 1. The van der Waals surface area contributed by atoms with Crippen LogP contribution in [-0.4, -0.2) is 35.4 Å². The minimum absolute atomic E-state index is 0.0743. The molecule has 0 aliphatic carbocycles. The van der Waals surface area contributed by atoms with Gasteiger partial charge in [0.2, 0.25) is 0 Å². The molecular formula is C15H21N5O. The molecule has 112 valence electrons. The first kappa shape index (κ1) is 13.7. The molecule has 1 N–H and O–H groups in total. The Bertz CT molecular complexity index is 728. The van der Waals surface area contributed by atoms with Crippen LogP contribution in [0.4, 0.5) is 17.3 Å². The lowest BCUT2D eigenvalue weighted by atomic mass is 10.1. The van der Waals surface area contributed by atoms with Crippen molar-refractivity contribution >= 4 is 17.3 Å². The molecule has 0 unspecified atom stereocenters. The minimum atomic E-state index is 0.0743. The SMILES string of the molecule is Cc1cc(N(C)C)ncc1N1CCCc2c1[nH]n(C)c2=O. The van der Waals surface area contributed by atoms with Gasteiger partial charge in [0.15, 0.2) is 0 Å². The van der Waals surface area contributed by atoms with Gasteiger partial charge in [-0.15, -0.1) is 0 Å². The van der Waals surface area contributed by atoms with Gasteiger partial charge in [-0.05, 0) is 31.4 Å². The van der Waals surface area contributed by atoms with Crippen molar-refractivity contribution in [3.8, 4) is 0 Å². The summed E-state index contributed by atoms with van der Waals surface area (Å²) < 4.78 is 1.56. The molecule has 6 heteroatoms. The standard InChI is InChI=1S/C15H21N5O/c1-10-8-13(18(2)3)16-9-12(10)20-7-5-6-11-14(20)17-19(4)15(11)21/h8-9,17H,5-7H2,1-4H3. The Hall–Kier alpha value is -2.24. The van der Waals surface area contributed by atoms with Crippen molar-refractivity contribution in [1.82, 2.24) is 14.8 Å². The van der Waals surface area contributed by atoms with Gasteiger partial charge < -0.3 is 9.80 Å². The highest BCUT2D eigenvalue weighted by Crippen LogP contribution is 2.32. The summed E-state index contributed by atoms with van der Waals surface area (Å²) in [5.74, 6) is 1.85. The molecule has 21 heavy (non-hydrogen) atoms. The van der Waals surface area contributed by atoms with E-state index in [0.29, 0.717) is 0 Å². The summed E-state index contributed by atoms with van der Waals surface area (Å²) in [5.41, 5.74) is 3.17. The highest BCUT2D eigenvalue weighted by Gasteiger charge is 2.25. The number of hydrogen-bond donors (Lipinski definition) is 1. The van der Waals surface area contributed by atoms with Gasteiger partial charge in [-0.1, -0.05) is 0 Å². The average Bonchev–Trinajstić information content (AvgIpc) is 2.74. The van der Waals surface area contributed by atoms with E-state index in [2.05, 4.69) is 28.0 Å². The molecule has 3 rings (SSSR count). The second-order valence-electron chi connectivity index (χ2n) is 5.78. The molecule has 2 aromatic heterocycles. The van der Waals surface area contributed by atoms with Crippen molar-refractivity contribution in [3.63, 3.8) is 0 Å². The maximum absolute atomic E-state index is 12.1. The van der Waals surface area contributed by atoms with Crippen LogP contribution in [0.2, 0.25) is 0 Å². The van der Waals surface area contributed by atoms with Crippen molar-refractivity contribution in [2.24, 2.45) is 7.05 Å². The van der Waals surface area contributed by atoms with Crippen LogP contribution in [0.3, 0.4) is 0 Å². The molecule has 0 aromatic carbocycles. The fraction of sp³-hybridized carbons (Fsp3) is 0.467. The van der Waals surface area contributed by atoms with Crippen LogP contribution in [0.25, 0.3) is 0 Å². The maximum atomic E-state index is 12.1. The van der Waals surface area contributed by atoms with E-state index in [1.54, 1.807) is 11.7 Å². The Morgan fingerprint density at radius 1 is 1.38 bits per heavy atom. The van der Waals surface area contributed by atoms with Crippen LogP contribution < -0.4 is 15.4 Å². The van der Waals surface area contributed by atoms with Gasteiger partial charge in [0.05, 0.1) is 17.4 Å². The van der Waals surface area contributed by atoms with Gasteiger partial charge >= 0.3 is 0 Å². The number of hydrogen-bond acceptors (Lipinski definition) is 4. The molecule has 2 aromatic rings. The summed E-state index contributed by atoms with van der Waals surface area (Å²) in [6.45, 7) is 2.98. The number of aromatic nitrogens is 3. The number of nitrogens with one attached hydrogen (secondary N) is 1. The van der Waals surface area contributed by atoms with Gasteiger partial charge in [-0.25, -0.2) is 4.98 Å². The molecule has 0 bridgehead atoms. The number of anilines is 3. The normalized spacial score (nSPS) is 14.2. The van der Waals surface area contributed by atoms with E-state index in [1.807, 2.05) is 25.2 Å². The summed E-state index contributed by atoms with van der Waals surface area (Å²) in [4.78, 5) is 20.8. The lowest BCUT2D eigenvalue weighted by Gasteiger charge is -2.29. The van der Waals surface area contributed by atoms with E-state index in [9.17, 15) is 4.79 Å². The first-order chi connectivity index (χ1) is 9.99. The maximum Gasteiger partial charge on any atom is 0.271 e. The number of aryl methyl sites for hydroxylation is 2. The average molecular weight is 287 g/mol. The van der Waals surface area contributed by atoms with Gasteiger partial charge in [-0.2, -0.15) is 0 Å². The molecule has 6 nitrogen and oxygen atoms in total. The fourth-order valence-corrected chi connectivity index (χ4v) is 2.86. The Morgan fingerprint density at radius 2 is 2.14 bits per heavy atom. The van der Waals surface area contributed by atoms with E-state index < -0.39 is 0 Å². The van der Waals surface area contributed by atoms with Gasteiger partial charge in [-0.3, -0.25) is 14.6 Å². The third-order valence-corrected chi connectivity index (χ3v) is 4.02. The lowest BCUT2D eigenvalue weighted by Crippen LogP contribution is -2.27. The Kier molecular flexibility index (Phi) is 3.23. The van der Waals surface area contributed by atoms with Crippen LogP contribution in [-0.2, 0) is 13.5 Å². The molecular weight excluding hydrogens is 266 g/mol. The van der Waals surface area contributed by atoms with Crippen molar-refractivity contribution in [2.75, 3.05) is 30.4 Å². The van der Waals surface area contributed by atoms with E-state index in [1.165, 1.54) is 0 Å².